The zero-order chi connectivity index (χ0) is 18.5. The third-order valence-corrected chi connectivity index (χ3v) is 4.62. The second-order valence-electron chi connectivity index (χ2n) is 6.16. The van der Waals surface area contributed by atoms with Gasteiger partial charge in [0.25, 0.3) is 0 Å². The fourth-order valence-electron chi connectivity index (χ4n) is 3.07. The number of piperidine rings is 1. The van der Waals surface area contributed by atoms with Gasteiger partial charge in [0, 0.05) is 31.0 Å². The first-order valence-corrected chi connectivity index (χ1v) is 9.04. The van der Waals surface area contributed by atoms with Gasteiger partial charge in [0.15, 0.2) is 0 Å². The van der Waals surface area contributed by atoms with Crippen LogP contribution in [0.4, 0.5) is 15.8 Å². The van der Waals surface area contributed by atoms with Gasteiger partial charge in [-0.3, -0.25) is 0 Å². The third kappa shape index (κ3) is 4.43. The van der Waals surface area contributed by atoms with Crippen molar-refractivity contribution in [1.82, 2.24) is 4.98 Å². The minimum atomic E-state index is -0.414. The zero-order valence-corrected chi connectivity index (χ0v) is 15.3. The molecule has 138 valence electrons. The summed E-state index contributed by atoms with van der Waals surface area (Å²) in [5.41, 5.74) is 2.05. The molecule has 0 amide bonds. The molecule has 3 rings (SSSR count). The summed E-state index contributed by atoms with van der Waals surface area (Å²) in [5, 5.41) is 3.72. The molecule has 1 aromatic heterocycles. The molecule has 1 N–H and O–H groups in total. The number of nitrogens with zero attached hydrogens (tertiary/aromatic N) is 2. The molecule has 0 bridgehead atoms. The van der Waals surface area contributed by atoms with Gasteiger partial charge in [-0.15, -0.1) is 0 Å². The highest BCUT2D eigenvalue weighted by atomic mass is 35.5. The number of carbonyl (C=O) groups excluding carboxylic acids is 1. The Morgan fingerprint density at radius 1 is 1.35 bits per heavy atom. The summed E-state index contributed by atoms with van der Waals surface area (Å²) in [5.74, 6) is -0.644. The first kappa shape index (κ1) is 18.5. The number of halogens is 2. The van der Waals surface area contributed by atoms with Crippen LogP contribution in [0.3, 0.4) is 0 Å². The van der Waals surface area contributed by atoms with Crippen LogP contribution in [0, 0.1) is 5.82 Å². The summed E-state index contributed by atoms with van der Waals surface area (Å²) in [6.07, 6.45) is 3.22. The van der Waals surface area contributed by atoms with Gasteiger partial charge in [0.05, 0.1) is 12.3 Å². The standard InChI is InChI=1S/C19H21ClFN3O2/c1-2-26-19(25)16-12-22-18(20)11-17(16)23-14-7-9-24(10-8-14)15-5-3-13(21)4-6-15/h3-6,11-12,14H,2,7-10H2,1H3,(H,22,23). The molecule has 0 aliphatic carbocycles. The molecule has 0 radical (unpaired) electrons. The molecule has 1 aromatic carbocycles. The average molecular weight is 378 g/mol. The first-order chi connectivity index (χ1) is 12.6. The molecule has 7 heteroatoms. The van der Waals surface area contributed by atoms with Gasteiger partial charge < -0.3 is 15.0 Å². The highest BCUT2D eigenvalue weighted by Gasteiger charge is 2.22. The number of benzene rings is 1. The van der Waals surface area contributed by atoms with E-state index in [-0.39, 0.29) is 11.9 Å². The van der Waals surface area contributed by atoms with Crippen molar-refractivity contribution in [3.8, 4) is 0 Å². The molecule has 1 fully saturated rings. The zero-order valence-electron chi connectivity index (χ0n) is 14.5. The van der Waals surface area contributed by atoms with Crippen molar-refractivity contribution in [2.45, 2.75) is 25.8 Å². The maximum absolute atomic E-state index is 13.1. The van der Waals surface area contributed by atoms with Crippen LogP contribution >= 0.6 is 11.6 Å². The highest BCUT2D eigenvalue weighted by molar-refractivity contribution is 6.29. The number of nitrogens with one attached hydrogen (secondary N) is 1. The van der Waals surface area contributed by atoms with E-state index in [0.717, 1.165) is 31.6 Å². The van der Waals surface area contributed by atoms with E-state index >= 15 is 0 Å². The molecular weight excluding hydrogens is 357 g/mol. The average Bonchev–Trinajstić information content (AvgIpc) is 2.63. The van der Waals surface area contributed by atoms with Gasteiger partial charge in [-0.2, -0.15) is 0 Å². The summed E-state index contributed by atoms with van der Waals surface area (Å²) < 4.78 is 18.1. The molecular formula is C19H21ClFN3O2. The number of ether oxygens (including phenoxy) is 1. The van der Waals surface area contributed by atoms with Crippen molar-refractivity contribution < 1.29 is 13.9 Å². The van der Waals surface area contributed by atoms with Crippen molar-refractivity contribution in [3.63, 3.8) is 0 Å². The molecule has 26 heavy (non-hydrogen) atoms. The highest BCUT2D eigenvalue weighted by Crippen LogP contribution is 2.25. The smallest absolute Gasteiger partial charge is 0.341 e. The normalized spacial score (nSPS) is 15.0. The van der Waals surface area contributed by atoms with Crippen LogP contribution in [-0.2, 0) is 4.74 Å². The predicted octanol–water partition coefficient (Wildman–Crippen LogP) is 4.13. The summed E-state index contributed by atoms with van der Waals surface area (Å²) in [6.45, 7) is 3.75. The van der Waals surface area contributed by atoms with Crippen LogP contribution in [-0.4, -0.2) is 36.7 Å². The van der Waals surface area contributed by atoms with Gasteiger partial charge in [-0.1, -0.05) is 11.6 Å². The predicted molar refractivity (Wildman–Crippen MR) is 100 cm³/mol. The minimum Gasteiger partial charge on any atom is -0.462 e. The van der Waals surface area contributed by atoms with E-state index < -0.39 is 5.97 Å². The molecule has 2 aromatic rings. The minimum absolute atomic E-state index is 0.207. The van der Waals surface area contributed by atoms with Crippen molar-refractivity contribution >= 4 is 28.9 Å². The second-order valence-corrected chi connectivity index (χ2v) is 6.54. The first-order valence-electron chi connectivity index (χ1n) is 8.66. The lowest BCUT2D eigenvalue weighted by molar-refractivity contribution is 0.0527. The van der Waals surface area contributed by atoms with Crippen LogP contribution in [0.5, 0.6) is 0 Å². The monoisotopic (exact) mass is 377 g/mol. The fraction of sp³-hybridized carbons (Fsp3) is 0.368. The quantitative estimate of drug-likeness (QED) is 0.627. The fourth-order valence-corrected chi connectivity index (χ4v) is 3.23. The number of rotatable bonds is 5. The Balaban J connectivity index is 1.65. The molecule has 0 unspecified atom stereocenters. The number of hydrogen-bond donors (Lipinski definition) is 1. The van der Waals surface area contributed by atoms with Crippen LogP contribution < -0.4 is 10.2 Å². The van der Waals surface area contributed by atoms with Gasteiger partial charge in [-0.25, -0.2) is 14.2 Å². The summed E-state index contributed by atoms with van der Waals surface area (Å²) in [7, 11) is 0. The Hall–Kier alpha value is -2.34. The van der Waals surface area contributed by atoms with Crippen LogP contribution in [0.25, 0.3) is 0 Å². The Labute approximate surface area is 157 Å². The topological polar surface area (TPSA) is 54.5 Å². The maximum atomic E-state index is 13.1. The Morgan fingerprint density at radius 3 is 2.69 bits per heavy atom. The van der Waals surface area contributed by atoms with E-state index in [2.05, 4.69) is 15.2 Å². The summed E-state index contributed by atoms with van der Waals surface area (Å²) in [6, 6.07) is 8.41. The van der Waals surface area contributed by atoms with Crippen LogP contribution in [0.15, 0.2) is 36.5 Å². The summed E-state index contributed by atoms with van der Waals surface area (Å²) >= 11 is 5.99. The lowest BCUT2D eigenvalue weighted by Gasteiger charge is -2.34. The van der Waals surface area contributed by atoms with E-state index in [4.69, 9.17) is 16.3 Å². The van der Waals surface area contributed by atoms with E-state index in [9.17, 15) is 9.18 Å². The van der Waals surface area contributed by atoms with Crippen LogP contribution in [0.2, 0.25) is 5.15 Å². The Kier molecular flexibility index (Phi) is 5.93. The molecule has 1 aliphatic heterocycles. The van der Waals surface area contributed by atoms with E-state index in [1.165, 1.54) is 18.3 Å². The number of anilines is 2. The number of esters is 1. The lowest BCUT2D eigenvalue weighted by Crippen LogP contribution is -2.39. The van der Waals surface area contributed by atoms with Crippen molar-refractivity contribution in [3.05, 3.63) is 53.1 Å². The SMILES string of the molecule is CCOC(=O)c1cnc(Cl)cc1NC1CCN(c2ccc(F)cc2)CC1. The van der Waals surface area contributed by atoms with Crippen LogP contribution in [0.1, 0.15) is 30.1 Å². The van der Waals surface area contributed by atoms with Gasteiger partial charge >= 0.3 is 5.97 Å². The lowest BCUT2D eigenvalue weighted by atomic mass is 10.0. The molecule has 0 spiro atoms. The van der Waals surface area contributed by atoms with E-state index in [0.29, 0.717) is 23.0 Å². The van der Waals surface area contributed by atoms with Crippen molar-refractivity contribution in [1.29, 1.82) is 0 Å². The maximum Gasteiger partial charge on any atom is 0.341 e. The number of pyridine rings is 1. The molecule has 2 heterocycles. The Bertz CT molecular complexity index is 762. The Morgan fingerprint density at radius 2 is 2.04 bits per heavy atom. The van der Waals surface area contributed by atoms with Crippen molar-refractivity contribution in [2.75, 3.05) is 29.9 Å². The van der Waals surface area contributed by atoms with E-state index in [1.807, 2.05) is 0 Å². The third-order valence-electron chi connectivity index (χ3n) is 4.41. The van der Waals surface area contributed by atoms with E-state index in [1.54, 1.807) is 25.1 Å². The van der Waals surface area contributed by atoms with Crippen molar-refractivity contribution in [2.24, 2.45) is 0 Å². The number of aromatic nitrogens is 1. The molecule has 1 saturated heterocycles. The van der Waals surface area contributed by atoms with Gasteiger partial charge in [0.2, 0.25) is 0 Å². The van der Waals surface area contributed by atoms with Gasteiger partial charge in [-0.05, 0) is 50.1 Å². The second kappa shape index (κ2) is 8.36. The molecule has 0 atom stereocenters. The number of carbonyl (C=O) groups is 1. The summed E-state index contributed by atoms with van der Waals surface area (Å²) in [4.78, 5) is 18.3. The van der Waals surface area contributed by atoms with Gasteiger partial charge in [0.1, 0.15) is 16.5 Å². The molecule has 1 aliphatic rings. The molecule has 0 saturated carbocycles. The number of hydrogen-bond acceptors (Lipinski definition) is 5. The molecule has 5 nitrogen and oxygen atoms in total. The largest absolute Gasteiger partial charge is 0.462 e.